The quantitative estimate of drug-likeness (QED) is 0.867. The lowest BCUT2D eigenvalue weighted by atomic mass is 10.1. The second kappa shape index (κ2) is 7.90. The number of morpholine rings is 1. The zero-order valence-corrected chi connectivity index (χ0v) is 14.5. The van der Waals surface area contributed by atoms with Crippen LogP contribution in [0.5, 0.6) is 0 Å². The van der Waals surface area contributed by atoms with Crippen molar-refractivity contribution in [2.75, 3.05) is 32.1 Å². The monoisotopic (exact) mass is 338 g/mol. The first kappa shape index (κ1) is 17.1. The first-order valence-electron chi connectivity index (χ1n) is 8.32. The predicted molar refractivity (Wildman–Crippen MR) is 97.1 cm³/mol. The molecule has 130 valence electrons. The van der Waals surface area contributed by atoms with Gasteiger partial charge in [0.05, 0.1) is 13.2 Å². The zero-order valence-electron chi connectivity index (χ0n) is 14.5. The molecule has 3 rings (SSSR count). The lowest BCUT2D eigenvalue weighted by Gasteiger charge is -2.34. The molecule has 25 heavy (non-hydrogen) atoms. The molecule has 0 radical (unpaired) electrons. The number of ether oxygens (including phenoxy) is 1. The number of anilines is 1. The van der Waals surface area contributed by atoms with Crippen molar-refractivity contribution in [2.24, 2.45) is 0 Å². The molecule has 1 aromatic carbocycles. The van der Waals surface area contributed by atoms with Gasteiger partial charge >= 0.3 is 0 Å². The number of amides is 1. The molecule has 1 atom stereocenters. The summed E-state index contributed by atoms with van der Waals surface area (Å²) >= 11 is 0. The maximum Gasteiger partial charge on any atom is 0.247 e. The highest BCUT2D eigenvalue weighted by Gasteiger charge is 2.30. The highest BCUT2D eigenvalue weighted by molar-refractivity contribution is 5.92. The summed E-state index contributed by atoms with van der Waals surface area (Å²) in [4.78, 5) is 23.5. The van der Waals surface area contributed by atoms with Crippen molar-refractivity contribution in [1.82, 2.24) is 14.9 Å². The SMILES string of the molecule is CNc1cc(C)nc(C2COCCN2C(=O)/C=C/c2ccccc2)n1. The minimum atomic E-state index is -0.284. The van der Waals surface area contributed by atoms with Crippen LogP contribution in [-0.4, -0.2) is 47.6 Å². The number of hydrogen-bond acceptors (Lipinski definition) is 5. The molecular weight excluding hydrogens is 316 g/mol. The fourth-order valence-electron chi connectivity index (χ4n) is 2.78. The van der Waals surface area contributed by atoms with Crippen LogP contribution in [0.4, 0.5) is 5.82 Å². The molecule has 0 bridgehead atoms. The average Bonchev–Trinajstić information content (AvgIpc) is 2.66. The molecule has 2 aromatic rings. The van der Waals surface area contributed by atoms with Gasteiger partial charge in [0.1, 0.15) is 11.9 Å². The van der Waals surface area contributed by atoms with E-state index in [4.69, 9.17) is 4.74 Å². The molecule has 1 fully saturated rings. The van der Waals surface area contributed by atoms with E-state index in [9.17, 15) is 4.79 Å². The largest absolute Gasteiger partial charge is 0.377 e. The third-order valence-electron chi connectivity index (χ3n) is 4.06. The molecule has 1 aliphatic heterocycles. The second-order valence-corrected chi connectivity index (χ2v) is 5.87. The van der Waals surface area contributed by atoms with Gasteiger partial charge in [-0.3, -0.25) is 4.79 Å². The Bertz CT molecular complexity index is 761. The first-order chi connectivity index (χ1) is 12.2. The van der Waals surface area contributed by atoms with E-state index in [2.05, 4.69) is 15.3 Å². The van der Waals surface area contributed by atoms with E-state index >= 15 is 0 Å². The van der Waals surface area contributed by atoms with Crippen LogP contribution in [0.2, 0.25) is 0 Å². The van der Waals surface area contributed by atoms with E-state index in [0.29, 0.717) is 25.6 Å². The summed E-state index contributed by atoms with van der Waals surface area (Å²) in [5.41, 5.74) is 1.84. The van der Waals surface area contributed by atoms with Crippen LogP contribution >= 0.6 is 0 Å². The Balaban J connectivity index is 1.82. The molecule has 1 saturated heterocycles. The molecule has 1 N–H and O–H groups in total. The predicted octanol–water partition coefficient (Wildman–Crippen LogP) is 2.44. The van der Waals surface area contributed by atoms with Gasteiger partial charge in [-0.25, -0.2) is 9.97 Å². The van der Waals surface area contributed by atoms with Gasteiger partial charge < -0.3 is 15.0 Å². The normalized spacial score (nSPS) is 17.7. The number of hydrogen-bond donors (Lipinski definition) is 1. The van der Waals surface area contributed by atoms with Crippen LogP contribution in [0, 0.1) is 6.92 Å². The Morgan fingerprint density at radius 2 is 2.12 bits per heavy atom. The van der Waals surface area contributed by atoms with Crippen LogP contribution in [0.3, 0.4) is 0 Å². The Morgan fingerprint density at radius 3 is 2.88 bits per heavy atom. The van der Waals surface area contributed by atoms with Gasteiger partial charge in [-0.2, -0.15) is 0 Å². The van der Waals surface area contributed by atoms with Gasteiger partial charge in [-0.1, -0.05) is 30.3 Å². The zero-order chi connectivity index (χ0) is 17.6. The van der Waals surface area contributed by atoms with Crippen molar-refractivity contribution in [3.05, 3.63) is 59.6 Å². The fraction of sp³-hybridized carbons (Fsp3) is 0.316. The highest BCUT2D eigenvalue weighted by Crippen LogP contribution is 2.23. The molecule has 0 aliphatic carbocycles. The number of carbonyl (C=O) groups excluding carboxylic acids is 1. The molecule has 1 amide bonds. The second-order valence-electron chi connectivity index (χ2n) is 5.87. The number of rotatable bonds is 4. The van der Waals surface area contributed by atoms with Crippen LogP contribution in [0.15, 0.2) is 42.5 Å². The summed E-state index contributed by atoms with van der Waals surface area (Å²) in [5.74, 6) is 1.28. The van der Waals surface area contributed by atoms with Gasteiger partial charge in [0.25, 0.3) is 0 Å². The highest BCUT2D eigenvalue weighted by atomic mass is 16.5. The third-order valence-corrected chi connectivity index (χ3v) is 4.06. The number of nitrogens with one attached hydrogen (secondary N) is 1. The van der Waals surface area contributed by atoms with Crippen molar-refractivity contribution in [1.29, 1.82) is 0 Å². The van der Waals surface area contributed by atoms with E-state index in [1.165, 1.54) is 0 Å². The average molecular weight is 338 g/mol. The van der Waals surface area contributed by atoms with Crippen LogP contribution < -0.4 is 5.32 Å². The molecule has 1 aromatic heterocycles. The van der Waals surface area contributed by atoms with Crippen molar-refractivity contribution < 1.29 is 9.53 Å². The number of carbonyl (C=O) groups is 1. The number of aryl methyl sites for hydroxylation is 1. The summed E-state index contributed by atoms with van der Waals surface area (Å²) in [6, 6.07) is 11.4. The van der Waals surface area contributed by atoms with Gasteiger partial charge in [0, 0.05) is 31.4 Å². The van der Waals surface area contributed by atoms with Crippen molar-refractivity contribution in [3.8, 4) is 0 Å². The van der Waals surface area contributed by atoms with Crippen molar-refractivity contribution in [2.45, 2.75) is 13.0 Å². The summed E-state index contributed by atoms with van der Waals surface area (Å²) < 4.78 is 5.57. The van der Waals surface area contributed by atoms with Crippen LogP contribution in [0.25, 0.3) is 6.08 Å². The summed E-state index contributed by atoms with van der Waals surface area (Å²) in [6.07, 6.45) is 3.42. The maximum atomic E-state index is 12.7. The summed E-state index contributed by atoms with van der Waals surface area (Å²) in [6.45, 7) is 3.36. The lowest BCUT2D eigenvalue weighted by Crippen LogP contribution is -2.43. The van der Waals surface area contributed by atoms with Gasteiger partial charge in [0.2, 0.25) is 5.91 Å². The minimum Gasteiger partial charge on any atom is -0.377 e. The molecule has 6 nitrogen and oxygen atoms in total. The summed E-state index contributed by atoms with van der Waals surface area (Å²) in [5, 5.41) is 3.03. The fourth-order valence-corrected chi connectivity index (χ4v) is 2.78. The lowest BCUT2D eigenvalue weighted by molar-refractivity contribution is -0.135. The molecule has 0 spiro atoms. The Hall–Kier alpha value is -2.73. The van der Waals surface area contributed by atoms with E-state index < -0.39 is 0 Å². The number of nitrogens with zero attached hydrogens (tertiary/aromatic N) is 3. The Kier molecular flexibility index (Phi) is 5.40. The third kappa shape index (κ3) is 4.22. The van der Waals surface area contributed by atoms with Gasteiger partial charge in [-0.15, -0.1) is 0 Å². The molecule has 2 heterocycles. The molecule has 1 aliphatic rings. The Morgan fingerprint density at radius 1 is 1.32 bits per heavy atom. The van der Waals surface area contributed by atoms with Crippen molar-refractivity contribution >= 4 is 17.8 Å². The van der Waals surface area contributed by atoms with E-state index in [1.54, 1.807) is 11.0 Å². The number of aromatic nitrogens is 2. The summed E-state index contributed by atoms with van der Waals surface area (Å²) in [7, 11) is 1.81. The van der Waals surface area contributed by atoms with Crippen LogP contribution in [0.1, 0.15) is 23.1 Å². The van der Waals surface area contributed by atoms with Gasteiger partial charge in [-0.05, 0) is 18.6 Å². The Labute approximate surface area is 147 Å². The molecular formula is C19H22N4O2. The van der Waals surface area contributed by atoms with Gasteiger partial charge in [0.15, 0.2) is 5.82 Å². The molecule has 6 heteroatoms. The minimum absolute atomic E-state index is 0.0618. The number of benzene rings is 1. The standard InChI is InChI=1S/C19H22N4O2/c1-14-12-17(20-2)22-19(21-14)16-13-25-11-10-23(16)18(24)9-8-15-6-4-3-5-7-15/h3-9,12,16H,10-11,13H2,1-2H3,(H,20,21,22)/b9-8+. The smallest absolute Gasteiger partial charge is 0.247 e. The van der Waals surface area contributed by atoms with Crippen molar-refractivity contribution in [3.63, 3.8) is 0 Å². The van der Waals surface area contributed by atoms with E-state index in [-0.39, 0.29) is 11.9 Å². The first-order valence-corrected chi connectivity index (χ1v) is 8.32. The molecule has 1 unspecified atom stereocenters. The van der Waals surface area contributed by atoms with E-state index in [1.807, 2.05) is 56.4 Å². The van der Waals surface area contributed by atoms with E-state index in [0.717, 1.165) is 17.1 Å². The molecule has 0 saturated carbocycles. The maximum absolute atomic E-state index is 12.7. The van der Waals surface area contributed by atoms with Crippen LogP contribution in [-0.2, 0) is 9.53 Å². The topological polar surface area (TPSA) is 67.4 Å².